The third kappa shape index (κ3) is 3.28. The molecule has 13 heavy (non-hydrogen) atoms. The molecule has 1 aromatic rings. The van der Waals surface area contributed by atoms with E-state index in [0.717, 1.165) is 16.4 Å². The van der Waals surface area contributed by atoms with Crippen molar-refractivity contribution in [3.05, 3.63) is 24.3 Å². The van der Waals surface area contributed by atoms with Crippen LogP contribution in [0.3, 0.4) is 0 Å². The normalized spacial score (nSPS) is 12.5. The number of benzene rings is 1. The Morgan fingerprint density at radius 3 is 2.77 bits per heavy atom. The SMILES string of the molecule is COc1ccccc1SC[C@H](C)N. The van der Waals surface area contributed by atoms with E-state index in [4.69, 9.17) is 10.5 Å². The molecule has 0 spiro atoms. The minimum atomic E-state index is 0.218. The lowest BCUT2D eigenvalue weighted by Gasteiger charge is -2.08. The molecule has 0 aliphatic heterocycles. The smallest absolute Gasteiger partial charge is 0.132 e. The van der Waals surface area contributed by atoms with Crippen LogP contribution in [0.2, 0.25) is 0 Å². The molecule has 0 aromatic heterocycles. The molecule has 3 heteroatoms. The Morgan fingerprint density at radius 1 is 1.46 bits per heavy atom. The topological polar surface area (TPSA) is 35.2 Å². The molecule has 1 atom stereocenters. The van der Waals surface area contributed by atoms with E-state index >= 15 is 0 Å². The van der Waals surface area contributed by atoms with Crippen LogP contribution in [0.25, 0.3) is 0 Å². The van der Waals surface area contributed by atoms with Crippen molar-refractivity contribution in [2.45, 2.75) is 17.9 Å². The van der Waals surface area contributed by atoms with Gasteiger partial charge in [-0.3, -0.25) is 0 Å². The molecule has 0 aliphatic carbocycles. The van der Waals surface area contributed by atoms with Crippen molar-refractivity contribution in [3.63, 3.8) is 0 Å². The van der Waals surface area contributed by atoms with Crippen LogP contribution in [0.1, 0.15) is 6.92 Å². The highest BCUT2D eigenvalue weighted by Crippen LogP contribution is 2.28. The molecule has 1 aromatic carbocycles. The lowest BCUT2D eigenvalue weighted by Crippen LogP contribution is -2.17. The zero-order valence-corrected chi connectivity index (χ0v) is 8.80. The summed E-state index contributed by atoms with van der Waals surface area (Å²) in [6.45, 7) is 2.00. The van der Waals surface area contributed by atoms with Gasteiger partial charge in [-0.1, -0.05) is 12.1 Å². The molecule has 0 aliphatic rings. The Bertz CT molecular complexity index is 263. The monoisotopic (exact) mass is 197 g/mol. The van der Waals surface area contributed by atoms with Crippen LogP contribution in [-0.4, -0.2) is 18.9 Å². The summed E-state index contributed by atoms with van der Waals surface area (Å²) in [4.78, 5) is 1.15. The molecule has 0 bridgehead atoms. The van der Waals surface area contributed by atoms with Gasteiger partial charge in [-0.05, 0) is 19.1 Å². The molecule has 1 rings (SSSR count). The summed E-state index contributed by atoms with van der Waals surface area (Å²) < 4.78 is 5.22. The Kier molecular flexibility index (Phi) is 4.12. The van der Waals surface area contributed by atoms with Crippen molar-refractivity contribution in [3.8, 4) is 5.75 Å². The Hall–Kier alpha value is -0.670. The van der Waals surface area contributed by atoms with E-state index < -0.39 is 0 Å². The van der Waals surface area contributed by atoms with Crippen LogP contribution in [-0.2, 0) is 0 Å². The predicted octanol–water partition coefficient (Wildman–Crippen LogP) is 2.13. The number of methoxy groups -OCH3 is 1. The van der Waals surface area contributed by atoms with E-state index in [0.29, 0.717) is 0 Å². The summed E-state index contributed by atoms with van der Waals surface area (Å²) in [5.41, 5.74) is 5.67. The molecule has 0 saturated carbocycles. The second-order valence-corrected chi connectivity index (χ2v) is 4.00. The Balaban J connectivity index is 2.64. The largest absolute Gasteiger partial charge is 0.496 e. The van der Waals surface area contributed by atoms with Gasteiger partial charge in [0.2, 0.25) is 0 Å². The van der Waals surface area contributed by atoms with Gasteiger partial charge in [-0.2, -0.15) is 0 Å². The van der Waals surface area contributed by atoms with E-state index in [9.17, 15) is 0 Å². The van der Waals surface area contributed by atoms with Crippen LogP contribution < -0.4 is 10.5 Å². The molecule has 72 valence electrons. The number of hydrogen-bond acceptors (Lipinski definition) is 3. The zero-order valence-electron chi connectivity index (χ0n) is 7.99. The minimum Gasteiger partial charge on any atom is -0.496 e. The summed E-state index contributed by atoms with van der Waals surface area (Å²) in [6, 6.07) is 8.20. The summed E-state index contributed by atoms with van der Waals surface area (Å²) in [5.74, 6) is 1.84. The van der Waals surface area contributed by atoms with Gasteiger partial charge < -0.3 is 10.5 Å². The van der Waals surface area contributed by atoms with E-state index in [2.05, 4.69) is 0 Å². The Labute approximate surface area is 83.5 Å². The summed E-state index contributed by atoms with van der Waals surface area (Å²) >= 11 is 1.73. The van der Waals surface area contributed by atoms with Crippen LogP contribution in [0, 0.1) is 0 Å². The van der Waals surface area contributed by atoms with Crippen LogP contribution in [0.15, 0.2) is 29.2 Å². The average Bonchev–Trinajstić information content (AvgIpc) is 2.15. The lowest BCUT2D eigenvalue weighted by molar-refractivity contribution is 0.405. The van der Waals surface area contributed by atoms with E-state index in [1.165, 1.54) is 0 Å². The van der Waals surface area contributed by atoms with Gasteiger partial charge >= 0.3 is 0 Å². The van der Waals surface area contributed by atoms with Gasteiger partial charge in [-0.15, -0.1) is 11.8 Å². The fraction of sp³-hybridized carbons (Fsp3) is 0.400. The summed E-state index contributed by atoms with van der Waals surface area (Å²) in [6.07, 6.45) is 0. The van der Waals surface area contributed by atoms with Crippen molar-refractivity contribution in [2.75, 3.05) is 12.9 Å². The number of rotatable bonds is 4. The second kappa shape index (κ2) is 5.14. The molecule has 2 N–H and O–H groups in total. The molecule has 0 heterocycles. The van der Waals surface area contributed by atoms with Gasteiger partial charge in [0.15, 0.2) is 0 Å². The maximum absolute atomic E-state index is 5.67. The van der Waals surface area contributed by atoms with Crippen LogP contribution in [0.4, 0.5) is 0 Å². The average molecular weight is 197 g/mol. The Morgan fingerprint density at radius 2 is 2.15 bits per heavy atom. The summed E-state index contributed by atoms with van der Waals surface area (Å²) in [5, 5.41) is 0. The van der Waals surface area contributed by atoms with Crippen LogP contribution >= 0.6 is 11.8 Å². The van der Waals surface area contributed by atoms with Crippen molar-refractivity contribution in [1.29, 1.82) is 0 Å². The predicted molar refractivity (Wildman–Crippen MR) is 57.4 cm³/mol. The second-order valence-electron chi connectivity index (χ2n) is 2.94. The van der Waals surface area contributed by atoms with Crippen molar-refractivity contribution in [1.82, 2.24) is 0 Å². The highest BCUT2D eigenvalue weighted by molar-refractivity contribution is 7.99. The van der Waals surface area contributed by atoms with E-state index in [1.807, 2.05) is 31.2 Å². The maximum Gasteiger partial charge on any atom is 0.132 e. The third-order valence-corrected chi connectivity index (χ3v) is 2.91. The molecule has 0 radical (unpaired) electrons. The minimum absolute atomic E-state index is 0.218. The first-order valence-electron chi connectivity index (χ1n) is 4.25. The number of nitrogens with two attached hydrogens (primary N) is 1. The molecule has 2 nitrogen and oxygen atoms in total. The molecule has 0 amide bonds. The quantitative estimate of drug-likeness (QED) is 0.751. The standard InChI is InChI=1S/C10H15NOS/c1-8(11)7-13-10-6-4-3-5-9(10)12-2/h3-6,8H,7,11H2,1-2H3/t8-/m0/s1. The van der Waals surface area contributed by atoms with Crippen LogP contribution in [0.5, 0.6) is 5.75 Å². The van der Waals surface area contributed by atoms with Crippen molar-refractivity contribution < 1.29 is 4.74 Å². The fourth-order valence-corrected chi connectivity index (χ4v) is 1.87. The molecular weight excluding hydrogens is 182 g/mol. The first-order chi connectivity index (χ1) is 6.24. The fourth-order valence-electron chi connectivity index (χ4n) is 0.959. The van der Waals surface area contributed by atoms with Gasteiger partial charge in [-0.25, -0.2) is 0 Å². The third-order valence-electron chi connectivity index (χ3n) is 1.57. The zero-order chi connectivity index (χ0) is 9.68. The number of hydrogen-bond donors (Lipinski definition) is 1. The van der Waals surface area contributed by atoms with Crippen molar-refractivity contribution >= 4 is 11.8 Å². The van der Waals surface area contributed by atoms with E-state index in [1.54, 1.807) is 18.9 Å². The number of para-hydroxylation sites is 1. The molecule has 0 saturated heterocycles. The molecule has 0 fully saturated rings. The first-order valence-corrected chi connectivity index (χ1v) is 5.24. The molecular formula is C10H15NOS. The lowest BCUT2D eigenvalue weighted by atomic mass is 10.3. The van der Waals surface area contributed by atoms with Crippen molar-refractivity contribution in [2.24, 2.45) is 5.73 Å². The van der Waals surface area contributed by atoms with Gasteiger partial charge in [0.25, 0.3) is 0 Å². The number of thioether (sulfide) groups is 1. The molecule has 0 unspecified atom stereocenters. The maximum atomic E-state index is 5.67. The highest BCUT2D eigenvalue weighted by Gasteiger charge is 2.02. The van der Waals surface area contributed by atoms with Gasteiger partial charge in [0.1, 0.15) is 5.75 Å². The number of ether oxygens (including phenoxy) is 1. The first kappa shape index (κ1) is 10.4. The van der Waals surface area contributed by atoms with Gasteiger partial charge in [0.05, 0.1) is 7.11 Å². The van der Waals surface area contributed by atoms with E-state index in [-0.39, 0.29) is 6.04 Å². The van der Waals surface area contributed by atoms with Gasteiger partial charge in [0, 0.05) is 16.7 Å². The highest BCUT2D eigenvalue weighted by atomic mass is 32.2. The summed E-state index contributed by atoms with van der Waals surface area (Å²) in [7, 11) is 1.69.